The lowest BCUT2D eigenvalue weighted by atomic mass is 10.1. The lowest BCUT2D eigenvalue weighted by Gasteiger charge is -2.10. The molecular formula is C16H14BrN3O. The standard InChI is InChI=1S/C16H14BrN3O/c1-2-14-19-13(18)9-15(20-14)21-12-8-7-10-5-3-4-6-11(10)16(12)17/h3-9H,2H2,1H3,(H2,18,19,20). The van der Waals surface area contributed by atoms with Gasteiger partial charge in [0.15, 0.2) is 0 Å². The van der Waals surface area contributed by atoms with Crippen molar-refractivity contribution >= 4 is 32.5 Å². The van der Waals surface area contributed by atoms with Gasteiger partial charge in [-0.05, 0) is 32.8 Å². The van der Waals surface area contributed by atoms with Crippen LogP contribution in [0, 0.1) is 0 Å². The third-order valence-electron chi connectivity index (χ3n) is 3.13. The molecule has 0 aliphatic carbocycles. The summed E-state index contributed by atoms with van der Waals surface area (Å²) in [4.78, 5) is 8.48. The molecule has 4 nitrogen and oxygen atoms in total. The number of aromatic nitrogens is 2. The Morgan fingerprint density at radius 3 is 2.76 bits per heavy atom. The van der Waals surface area contributed by atoms with Crippen LogP contribution in [0.1, 0.15) is 12.7 Å². The second-order valence-electron chi connectivity index (χ2n) is 4.60. The van der Waals surface area contributed by atoms with Crippen molar-refractivity contribution < 1.29 is 4.74 Å². The molecule has 0 spiro atoms. The Kier molecular flexibility index (Phi) is 3.75. The minimum atomic E-state index is 0.411. The van der Waals surface area contributed by atoms with Crippen LogP contribution in [0.5, 0.6) is 11.6 Å². The fourth-order valence-corrected chi connectivity index (χ4v) is 2.68. The van der Waals surface area contributed by atoms with E-state index in [0.29, 0.717) is 29.7 Å². The summed E-state index contributed by atoms with van der Waals surface area (Å²) in [7, 11) is 0. The fraction of sp³-hybridized carbons (Fsp3) is 0.125. The Bertz CT molecular complexity index is 805. The number of anilines is 1. The molecule has 0 saturated heterocycles. The molecule has 0 saturated carbocycles. The van der Waals surface area contributed by atoms with E-state index in [1.807, 2.05) is 37.3 Å². The molecule has 21 heavy (non-hydrogen) atoms. The summed E-state index contributed by atoms with van der Waals surface area (Å²) in [6, 6.07) is 13.7. The number of nitrogen functional groups attached to an aromatic ring is 1. The number of halogens is 1. The van der Waals surface area contributed by atoms with Crippen molar-refractivity contribution in [3.8, 4) is 11.6 Å². The molecule has 106 valence electrons. The zero-order chi connectivity index (χ0) is 14.8. The van der Waals surface area contributed by atoms with Gasteiger partial charge in [0.1, 0.15) is 17.4 Å². The van der Waals surface area contributed by atoms with Crippen molar-refractivity contribution in [1.29, 1.82) is 0 Å². The van der Waals surface area contributed by atoms with Crippen LogP contribution in [-0.4, -0.2) is 9.97 Å². The number of aryl methyl sites for hydroxylation is 1. The predicted octanol–water partition coefficient (Wildman–Crippen LogP) is 4.33. The maximum Gasteiger partial charge on any atom is 0.224 e. The van der Waals surface area contributed by atoms with Crippen LogP contribution in [-0.2, 0) is 6.42 Å². The van der Waals surface area contributed by atoms with Crippen LogP contribution in [0.25, 0.3) is 10.8 Å². The van der Waals surface area contributed by atoms with Crippen LogP contribution >= 0.6 is 15.9 Å². The van der Waals surface area contributed by atoms with Gasteiger partial charge in [-0.25, -0.2) is 4.98 Å². The number of benzene rings is 2. The van der Waals surface area contributed by atoms with E-state index >= 15 is 0 Å². The molecule has 5 heteroatoms. The molecule has 2 N–H and O–H groups in total. The monoisotopic (exact) mass is 343 g/mol. The normalized spacial score (nSPS) is 10.8. The highest BCUT2D eigenvalue weighted by Gasteiger charge is 2.09. The van der Waals surface area contributed by atoms with Crippen molar-refractivity contribution in [2.24, 2.45) is 0 Å². The second-order valence-corrected chi connectivity index (χ2v) is 5.39. The molecule has 0 bridgehead atoms. The van der Waals surface area contributed by atoms with Crippen molar-refractivity contribution in [2.75, 3.05) is 5.73 Å². The lowest BCUT2D eigenvalue weighted by Crippen LogP contribution is -2.00. The van der Waals surface area contributed by atoms with Gasteiger partial charge >= 0.3 is 0 Å². The smallest absolute Gasteiger partial charge is 0.224 e. The molecule has 0 atom stereocenters. The summed E-state index contributed by atoms with van der Waals surface area (Å²) < 4.78 is 6.76. The van der Waals surface area contributed by atoms with Gasteiger partial charge in [-0.3, -0.25) is 0 Å². The second kappa shape index (κ2) is 5.69. The number of rotatable bonds is 3. The zero-order valence-electron chi connectivity index (χ0n) is 11.5. The van der Waals surface area contributed by atoms with E-state index in [9.17, 15) is 0 Å². The molecule has 0 aliphatic heterocycles. The minimum Gasteiger partial charge on any atom is -0.438 e. The van der Waals surface area contributed by atoms with Gasteiger partial charge in [-0.1, -0.05) is 37.3 Å². The van der Waals surface area contributed by atoms with Crippen molar-refractivity contribution in [1.82, 2.24) is 9.97 Å². The summed E-state index contributed by atoms with van der Waals surface area (Å²) in [5.74, 6) is 2.24. The summed E-state index contributed by atoms with van der Waals surface area (Å²) in [6.07, 6.45) is 0.709. The van der Waals surface area contributed by atoms with Gasteiger partial charge in [-0.15, -0.1) is 0 Å². The third-order valence-corrected chi connectivity index (χ3v) is 3.95. The van der Waals surface area contributed by atoms with Gasteiger partial charge in [-0.2, -0.15) is 4.98 Å². The number of ether oxygens (including phenoxy) is 1. The number of fused-ring (bicyclic) bond motifs is 1. The van der Waals surface area contributed by atoms with Gasteiger partial charge in [0.05, 0.1) is 4.47 Å². The Morgan fingerprint density at radius 1 is 1.14 bits per heavy atom. The highest BCUT2D eigenvalue weighted by atomic mass is 79.9. The first-order valence-corrected chi connectivity index (χ1v) is 7.45. The first-order chi connectivity index (χ1) is 10.2. The van der Waals surface area contributed by atoms with E-state index in [0.717, 1.165) is 15.2 Å². The lowest BCUT2D eigenvalue weighted by molar-refractivity contribution is 0.457. The van der Waals surface area contributed by atoms with E-state index in [1.54, 1.807) is 6.07 Å². The molecular weight excluding hydrogens is 330 g/mol. The Hall–Kier alpha value is -2.14. The van der Waals surface area contributed by atoms with E-state index in [-0.39, 0.29) is 0 Å². The first kappa shape index (κ1) is 13.8. The van der Waals surface area contributed by atoms with Crippen LogP contribution in [0.4, 0.5) is 5.82 Å². The largest absolute Gasteiger partial charge is 0.438 e. The molecule has 3 rings (SSSR count). The van der Waals surface area contributed by atoms with Gasteiger partial charge in [0.25, 0.3) is 0 Å². The maximum absolute atomic E-state index is 5.86. The molecule has 3 aromatic rings. The Labute approximate surface area is 131 Å². The van der Waals surface area contributed by atoms with Gasteiger partial charge in [0.2, 0.25) is 5.88 Å². The highest BCUT2D eigenvalue weighted by Crippen LogP contribution is 2.35. The van der Waals surface area contributed by atoms with Gasteiger partial charge in [0, 0.05) is 12.5 Å². The van der Waals surface area contributed by atoms with Crippen LogP contribution in [0.15, 0.2) is 46.9 Å². The number of hydrogen-bond acceptors (Lipinski definition) is 4. The molecule has 0 unspecified atom stereocenters. The van der Waals surface area contributed by atoms with Crippen LogP contribution in [0.2, 0.25) is 0 Å². The molecule has 1 heterocycles. The van der Waals surface area contributed by atoms with Crippen LogP contribution in [0.3, 0.4) is 0 Å². The van der Waals surface area contributed by atoms with E-state index in [1.165, 1.54) is 0 Å². The fourth-order valence-electron chi connectivity index (χ4n) is 2.11. The van der Waals surface area contributed by atoms with E-state index in [2.05, 4.69) is 32.0 Å². The first-order valence-electron chi connectivity index (χ1n) is 6.66. The molecule has 1 aromatic heterocycles. The van der Waals surface area contributed by atoms with E-state index < -0.39 is 0 Å². The quantitative estimate of drug-likeness (QED) is 0.768. The van der Waals surface area contributed by atoms with E-state index in [4.69, 9.17) is 10.5 Å². The topological polar surface area (TPSA) is 61.0 Å². The number of nitrogens with two attached hydrogens (primary N) is 1. The number of hydrogen-bond donors (Lipinski definition) is 1. The summed E-state index contributed by atoms with van der Waals surface area (Å²) in [5, 5.41) is 2.24. The average Bonchev–Trinajstić information content (AvgIpc) is 2.50. The zero-order valence-corrected chi connectivity index (χ0v) is 13.1. The molecule has 0 aliphatic rings. The van der Waals surface area contributed by atoms with Crippen molar-refractivity contribution in [3.63, 3.8) is 0 Å². The molecule has 0 fully saturated rings. The third kappa shape index (κ3) is 2.83. The van der Waals surface area contributed by atoms with Crippen molar-refractivity contribution in [3.05, 3.63) is 52.8 Å². The van der Waals surface area contributed by atoms with Crippen LogP contribution < -0.4 is 10.5 Å². The SMILES string of the molecule is CCc1nc(N)cc(Oc2ccc3ccccc3c2Br)n1. The maximum atomic E-state index is 5.86. The van der Waals surface area contributed by atoms with Gasteiger partial charge < -0.3 is 10.5 Å². The molecule has 2 aromatic carbocycles. The summed E-state index contributed by atoms with van der Waals surface area (Å²) in [5.41, 5.74) is 5.77. The molecule has 0 radical (unpaired) electrons. The Balaban J connectivity index is 2.02. The summed E-state index contributed by atoms with van der Waals surface area (Å²) in [6.45, 7) is 1.98. The Morgan fingerprint density at radius 2 is 1.95 bits per heavy atom. The van der Waals surface area contributed by atoms with Crippen molar-refractivity contribution in [2.45, 2.75) is 13.3 Å². The number of nitrogens with zero attached hydrogens (tertiary/aromatic N) is 2. The highest BCUT2D eigenvalue weighted by molar-refractivity contribution is 9.10. The predicted molar refractivity (Wildman–Crippen MR) is 87.5 cm³/mol. The average molecular weight is 344 g/mol. The minimum absolute atomic E-state index is 0.411. The molecule has 0 amide bonds. The summed E-state index contributed by atoms with van der Waals surface area (Å²) >= 11 is 3.59.